The number of anilines is 1. The van der Waals surface area contributed by atoms with Crippen LogP contribution in [-0.2, 0) is 0 Å². The zero-order valence-electron chi connectivity index (χ0n) is 14.4. The molecule has 7 heteroatoms. The van der Waals surface area contributed by atoms with Crippen LogP contribution in [0, 0.1) is 6.92 Å². The third kappa shape index (κ3) is 2.28. The molecule has 5 rings (SSSR count). The molecule has 26 heavy (non-hydrogen) atoms. The van der Waals surface area contributed by atoms with Crippen LogP contribution in [0.15, 0.2) is 41.4 Å². The zero-order chi connectivity index (χ0) is 17.7. The van der Waals surface area contributed by atoms with E-state index in [1.54, 1.807) is 0 Å². The first-order valence-corrected chi connectivity index (χ1v) is 8.68. The lowest BCUT2D eigenvalue weighted by Crippen LogP contribution is -2.31. The number of nitrogens with zero attached hydrogens (tertiary/aromatic N) is 3. The van der Waals surface area contributed by atoms with Crippen molar-refractivity contribution >= 4 is 22.9 Å². The van der Waals surface area contributed by atoms with Crippen LogP contribution < -0.4 is 20.5 Å². The first-order chi connectivity index (χ1) is 12.7. The van der Waals surface area contributed by atoms with Crippen molar-refractivity contribution in [2.24, 2.45) is 10.7 Å². The Labute approximate surface area is 150 Å². The van der Waals surface area contributed by atoms with Gasteiger partial charge in [0.05, 0.1) is 24.2 Å². The summed E-state index contributed by atoms with van der Waals surface area (Å²) in [6, 6.07) is 12.1. The highest BCUT2D eigenvalue weighted by molar-refractivity contribution is 5.95. The molecule has 0 bridgehead atoms. The predicted molar refractivity (Wildman–Crippen MR) is 99.9 cm³/mol. The van der Waals surface area contributed by atoms with Crippen LogP contribution in [0.25, 0.3) is 11.0 Å². The van der Waals surface area contributed by atoms with Crippen LogP contribution in [0.4, 0.5) is 5.95 Å². The van der Waals surface area contributed by atoms with Crippen molar-refractivity contribution in [1.82, 2.24) is 9.55 Å². The summed E-state index contributed by atoms with van der Waals surface area (Å²) in [6.45, 7) is 3.36. The topological polar surface area (TPSA) is 86.7 Å². The van der Waals surface area contributed by atoms with Gasteiger partial charge in [0.1, 0.15) is 0 Å². The Morgan fingerprint density at radius 2 is 1.92 bits per heavy atom. The summed E-state index contributed by atoms with van der Waals surface area (Å²) < 4.78 is 13.7. The van der Waals surface area contributed by atoms with E-state index in [9.17, 15) is 0 Å². The number of aromatic nitrogens is 2. The van der Waals surface area contributed by atoms with Crippen molar-refractivity contribution < 1.29 is 9.47 Å². The van der Waals surface area contributed by atoms with Crippen LogP contribution in [-0.4, -0.2) is 28.7 Å². The van der Waals surface area contributed by atoms with Gasteiger partial charge in [0.25, 0.3) is 0 Å². The normalized spacial score (nSPS) is 18.7. The van der Waals surface area contributed by atoms with Gasteiger partial charge in [0.15, 0.2) is 23.6 Å². The van der Waals surface area contributed by atoms with Crippen molar-refractivity contribution in [1.29, 1.82) is 0 Å². The van der Waals surface area contributed by atoms with Gasteiger partial charge in [0.2, 0.25) is 5.95 Å². The highest BCUT2D eigenvalue weighted by Gasteiger charge is 2.27. The largest absolute Gasteiger partial charge is 0.489 e. The van der Waals surface area contributed by atoms with Crippen molar-refractivity contribution in [3.63, 3.8) is 0 Å². The molecule has 0 radical (unpaired) electrons. The summed E-state index contributed by atoms with van der Waals surface area (Å²) >= 11 is 0. The van der Waals surface area contributed by atoms with Crippen LogP contribution in [0.1, 0.15) is 23.7 Å². The number of benzene rings is 2. The van der Waals surface area contributed by atoms with E-state index >= 15 is 0 Å². The number of nitrogens with two attached hydrogens (primary N) is 1. The summed E-state index contributed by atoms with van der Waals surface area (Å²) in [7, 11) is 0. The van der Waals surface area contributed by atoms with Crippen molar-refractivity contribution in [2.45, 2.75) is 19.5 Å². The molecule has 3 aromatic rings. The third-order valence-corrected chi connectivity index (χ3v) is 4.77. The molecular weight excluding hydrogens is 330 g/mol. The molecule has 2 aromatic carbocycles. The number of rotatable bonds is 1. The summed E-state index contributed by atoms with van der Waals surface area (Å²) in [5.74, 6) is 2.49. The average molecular weight is 349 g/mol. The number of ether oxygens (including phenoxy) is 2. The van der Waals surface area contributed by atoms with E-state index in [0.717, 1.165) is 40.1 Å². The maximum Gasteiger partial charge on any atom is 0.212 e. The number of aryl methyl sites for hydroxylation is 1. The second-order valence-electron chi connectivity index (χ2n) is 6.51. The maximum atomic E-state index is 6.03. The number of hydrogen-bond donors (Lipinski definition) is 2. The molecule has 0 unspecified atom stereocenters. The maximum absolute atomic E-state index is 6.03. The van der Waals surface area contributed by atoms with Crippen LogP contribution >= 0.6 is 0 Å². The minimum Gasteiger partial charge on any atom is -0.489 e. The molecule has 0 saturated heterocycles. The fourth-order valence-electron chi connectivity index (χ4n) is 3.51. The molecule has 3 N–H and O–H groups in total. The summed E-state index contributed by atoms with van der Waals surface area (Å²) in [6.07, 6.45) is 0.591. The molecule has 1 aromatic heterocycles. The van der Waals surface area contributed by atoms with E-state index in [1.807, 2.05) is 24.3 Å². The minimum absolute atomic E-state index is 0.276. The van der Waals surface area contributed by atoms with Gasteiger partial charge in [-0.3, -0.25) is 9.88 Å². The first-order valence-electron chi connectivity index (χ1n) is 8.68. The molecule has 1 atom stereocenters. The highest BCUT2D eigenvalue weighted by atomic mass is 16.5. The number of guanidine groups is 1. The summed E-state index contributed by atoms with van der Waals surface area (Å²) in [4.78, 5) is 9.35. The molecule has 0 saturated carbocycles. The van der Waals surface area contributed by atoms with E-state index in [-0.39, 0.29) is 6.17 Å². The molecule has 2 aliphatic rings. The van der Waals surface area contributed by atoms with E-state index < -0.39 is 0 Å². The Balaban J connectivity index is 1.74. The average Bonchev–Trinajstić information content (AvgIpc) is 2.81. The van der Waals surface area contributed by atoms with E-state index in [4.69, 9.17) is 20.2 Å². The lowest BCUT2D eigenvalue weighted by atomic mass is 10.1. The van der Waals surface area contributed by atoms with Crippen LogP contribution in [0.3, 0.4) is 0 Å². The molecule has 3 heterocycles. The quantitative estimate of drug-likeness (QED) is 0.705. The fraction of sp³-hybridized carbons (Fsp3) is 0.263. The number of hydrogen-bond acceptors (Lipinski definition) is 6. The predicted octanol–water partition coefficient (Wildman–Crippen LogP) is 2.79. The zero-order valence-corrected chi connectivity index (χ0v) is 14.4. The molecule has 7 nitrogen and oxygen atoms in total. The van der Waals surface area contributed by atoms with E-state index in [0.29, 0.717) is 25.1 Å². The second kappa shape index (κ2) is 5.66. The lowest BCUT2D eigenvalue weighted by molar-refractivity contribution is 0.297. The van der Waals surface area contributed by atoms with Crippen molar-refractivity contribution in [3.8, 4) is 11.5 Å². The van der Waals surface area contributed by atoms with Gasteiger partial charge < -0.3 is 15.2 Å². The molecular formula is C19H19N5O2. The molecule has 0 fully saturated rings. The summed E-state index contributed by atoms with van der Waals surface area (Å²) in [5.41, 5.74) is 10.0. The molecule has 0 aliphatic carbocycles. The molecule has 2 aliphatic heterocycles. The number of imidazole rings is 1. The lowest BCUT2D eigenvalue weighted by Gasteiger charge is -2.25. The van der Waals surface area contributed by atoms with Crippen molar-refractivity contribution in [3.05, 3.63) is 47.5 Å². The summed E-state index contributed by atoms with van der Waals surface area (Å²) in [5, 5.41) is 3.07. The third-order valence-electron chi connectivity index (χ3n) is 4.77. The second-order valence-corrected chi connectivity index (χ2v) is 6.51. The number of nitrogens with one attached hydrogen (secondary N) is 1. The monoisotopic (exact) mass is 349 g/mol. The molecule has 132 valence electrons. The SMILES string of the molecule is Cc1ccccc1[C@@H]1N=C(N)Nc2nc3cc4c(cc3n21)OCCCO4. The highest BCUT2D eigenvalue weighted by Crippen LogP contribution is 2.39. The Morgan fingerprint density at radius 1 is 1.15 bits per heavy atom. The first kappa shape index (κ1) is 15.1. The minimum atomic E-state index is -0.276. The van der Waals surface area contributed by atoms with Gasteiger partial charge in [-0.2, -0.15) is 0 Å². The Kier molecular flexibility index (Phi) is 3.28. The molecule has 0 amide bonds. The Morgan fingerprint density at radius 3 is 2.73 bits per heavy atom. The number of fused-ring (bicyclic) bond motifs is 4. The number of aliphatic imine (C=N–C) groups is 1. The molecule has 0 spiro atoms. The van der Waals surface area contributed by atoms with Gasteiger partial charge in [-0.1, -0.05) is 24.3 Å². The van der Waals surface area contributed by atoms with Crippen LogP contribution in [0.5, 0.6) is 11.5 Å². The van der Waals surface area contributed by atoms with E-state index in [1.165, 1.54) is 0 Å². The van der Waals surface area contributed by atoms with E-state index in [2.05, 4.69) is 33.9 Å². The fourth-order valence-corrected chi connectivity index (χ4v) is 3.51. The van der Waals surface area contributed by atoms with Crippen molar-refractivity contribution in [2.75, 3.05) is 18.5 Å². The smallest absolute Gasteiger partial charge is 0.212 e. The van der Waals surface area contributed by atoms with Crippen LogP contribution in [0.2, 0.25) is 0 Å². The van der Waals surface area contributed by atoms with Gasteiger partial charge >= 0.3 is 0 Å². The Bertz CT molecular complexity index is 1040. The van der Waals surface area contributed by atoms with Gasteiger partial charge in [-0.05, 0) is 18.1 Å². The van der Waals surface area contributed by atoms with Gasteiger partial charge in [-0.15, -0.1) is 0 Å². The van der Waals surface area contributed by atoms with Gasteiger partial charge in [0, 0.05) is 18.6 Å². The standard InChI is InChI=1S/C19H19N5O2/c1-11-5-2-3-6-12(11)17-22-18(20)23-19-21-13-9-15-16(10-14(13)24(17)19)26-8-4-7-25-15/h2-3,5-6,9-10,17H,4,7-8H2,1H3,(H3,20,21,22,23)/t17-/m1/s1. The van der Waals surface area contributed by atoms with Gasteiger partial charge in [-0.25, -0.2) is 9.98 Å². The Hall–Kier alpha value is -3.22.